The first kappa shape index (κ1) is 17.4. The topological polar surface area (TPSA) is 75.1 Å². The van der Waals surface area contributed by atoms with Crippen molar-refractivity contribution in [2.45, 2.75) is 25.8 Å². The Hall–Kier alpha value is -1.47. The zero-order chi connectivity index (χ0) is 16.0. The molecule has 0 fully saturated rings. The fourth-order valence-corrected chi connectivity index (χ4v) is 4.06. The van der Waals surface area contributed by atoms with E-state index in [1.165, 1.54) is 11.1 Å². The fraction of sp³-hybridized carbons (Fsp3) is 0.235. The van der Waals surface area contributed by atoms with Crippen LogP contribution in [-0.4, -0.2) is 56.6 Å². The molecule has 0 saturated carbocycles. The van der Waals surface area contributed by atoms with Crippen LogP contribution in [0.4, 0.5) is 5.82 Å². The Labute approximate surface area is 165 Å². The van der Waals surface area contributed by atoms with Gasteiger partial charge in [0.05, 0.1) is 10.9 Å². The SMILES string of the molecule is Cc1csc2ncnc(NC3Cc4ccc(C(=O)O)cc4C3)c12.[NaH]. The number of aromatic nitrogens is 2. The molecule has 1 unspecified atom stereocenters. The van der Waals surface area contributed by atoms with Crippen molar-refractivity contribution in [1.82, 2.24) is 9.97 Å². The van der Waals surface area contributed by atoms with Gasteiger partial charge in [0.15, 0.2) is 0 Å². The molecule has 0 amide bonds. The van der Waals surface area contributed by atoms with Crippen LogP contribution in [0.2, 0.25) is 0 Å². The summed E-state index contributed by atoms with van der Waals surface area (Å²) in [4.78, 5) is 20.8. The monoisotopic (exact) mass is 349 g/mol. The van der Waals surface area contributed by atoms with Crippen molar-refractivity contribution < 1.29 is 9.90 Å². The molecular formula is C17H16N3NaO2S. The third-order valence-electron chi connectivity index (χ3n) is 4.28. The molecule has 1 aromatic carbocycles. The summed E-state index contributed by atoms with van der Waals surface area (Å²) in [5, 5.41) is 15.8. The van der Waals surface area contributed by atoms with Gasteiger partial charge in [0.2, 0.25) is 0 Å². The molecule has 4 rings (SSSR count). The number of carbonyl (C=O) groups is 1. The van der Waals surface area contributed by atoms with Crippen molar-refractivity contribution in [1.29, 1.82) is 0 Å². The zero-order valence-electron chi connectivity index (χ0n) is 12.5. The van der Waals surface area contributed by atoms with Gasteiger partial charge in [0, 0.05) is 6.04 Å². The molecular weight excluding hydrogens is 333 g/mol. The number of aryl methyl sites for hydroxylation is 1. The molecule has 3 aromatic rings. The van der Waals surface area contributed by atoms with Crippen LogP contribution in [0.5, 0.6) is 0 Å². The molecule has 0 spiro atoms. The molecule has 1 aliphatic rings. The molecule has 1 aliphatic carbocycles. The Bertz CT molecular complexity index is 925. The minimum atomic E-state index is -0.879. The average Bonchev–Trinajstić information content (AvgIpc) is 3.10. The van der Waals surface area contributed by atoms with Gasteiger partial charge in [-0.25, -0.2) is 14.8 Å². The van der Waals surface area contributed by atoms with Gasteiger partial charge in [-0.2, -0.15) is 0 Å². The molecule has 5 nitrogen and oxygen atoms in total. The Morgan fingerprint density at radius 3 is 2.88 bits per heavy atom. The molecule has 7 heteroatoms. The predicted molar refractivity (Wildman–Crippen MR) is 97.5 cm³/mol. The Kier molecular flexibility index (Phi) is 4.92. The van der Waals surface area contributed by atoms with Crippen LogP contribution in [0.15, 0.2) is 29.9 Å². The molecule has 2 N–H and O–H groups in total. The Balaban J connectivity index is 0.00000169. The van der Waals surface area contributed by atoms with Crippen molar-refractivity contribution in [3.05, 3.63) is 52.2 Å². The number of hydrogen-bond acceptors (Lipinski definition) is 5. The second kappa shape index (κ2) is 6.80. The van der Waals surface area contributed by atoms with E-state index in [1.54, 1.807) is 29.8 Å². The number of aromatic carboxylic acids is 1. The van der Waals surface area contributed by atoms with E-state index < -0.39 is 5.97 Å². The summed E-state index contributed by atoms with van der Waals surface area (Å²) >= 11 is 1.62. The molecule has 118 valence electrons. The van der Waals surface area contributed by atoms with Crippen LogP contribution in [0.3, 0.4) is 0 Å². The Morgan fingerprint density at radius 1 is 1.29 bits per heavy atom. The quantitative estimate of drug-likeness (QED) is 0.711. The number of hydrogen-bond donors (Lipinski definition) is 2. The molecule has 24 heavy (non-hydrogen) atoms. The molecule has 2 heterocycles. The van der Waals surface area contributed by atoms with E-state index in [2.05, 4.69) is 27.6 Å². The van der Waals surface area contributed by atoms with E-state index in [0.717, 1.165) is 34.4 Å². The molecule has 1 atom stereocenters. The number of nitrogens with zero attached hydrogens (tertiary/aromatic N) is 2. The van der Waals surface area contributed by atoms with Crippen LogP contribution >= 0.6 is 11.3 Å². The Morgan fingerprint density at radius 2 is 2.08 bits per heavy atom. The summed E-state index contributed by atoms with van der Waals surface area (Å²) in [5.41, 5.74) is 3.84. The van der Waals surface area contributed by atoms with Gasteiger partial charge >= 0.3 is 35.5 Å². The number of carboxylic acids is 1. The first-order valence-corrected chi connectivity index (χ1v) is 8.30. The molecule has 0 aliphatic heterocycles. The number of carboxylic acid groups (broad SMARTS) is 1. The second-order valence-electron chi connectivity index (χ2n) is 5.86. The number of nitrogens with one attached hydrogen (secondary N) is 1. The average molecular weight is 349 g/mol. The molecule has 0 saturated heterocycles. The van der Waals surface area contributed by atoms with Crippen LogP contribution in [0, 0.1) is 6.92 Å². The molecule has 0 bridgehead atoms. The third-order valence-corrected chi connectivity index (χ3v) is 5.29. The van der Waals surface area contributed by atoms with Crippen LogP contribution in [-0.2, 0) is 12.8 Å². The van der Waals surface area contributed by atoms with Crippen molar-refractivity contribution in [3.63, 3.8) is 0 Å². The standard InChI is InChI=1S/C17H15N3O2S.Na.H/c1-9-7-23-16-14(9)15(18-8-19-16)20-13-5-10-2-3-11(17(21)22)4-12(10)6-13;;/h2-4,7-8,13H,5-6H2,1H3,(H,21,22)(H,18,19,20);;. The third kappa shape index (κ3) is 3.07. The van der Waals surface area contributed by atoms with Gasteiger partial charge in [-0.3, -0.25) is 0 Å². The number of rotatable bonds is 3. The maximum atomic E-state index is 11.1. The van der Waals surface area contributed by atoms with Gasteiger partial charge in [-0.15, -0.1) is 11.3 Å². The molecule has 2 aromatic heterocycles. The van der Waals surface area contributed by atoms with Crippen LogP contribution < -0.4 is 5.32 Å². The van der Waals surface area contributed by atoms with Crippen molar-refractivity contribution in [2.24, 2.45) is 0 Å². The van der Waals surface area contributed by atoms with Gasteiger partial charge in [0.1, 0.15) is 17.0 Å². The van der Waals surface area contributed by atoms with E-state index in [-0.39, 0.29) is 35.6 Å². The number of fused-ring (bicyclic) bond motifs is 2. The van der Waals surface area contributed by atoms with E-state index >= 15 is 0 Å². The summed E-state index contributed by atoms with van der Waals surface area (Å²) in [6, 6.07) is 5.61. The van der Waals surface area contributed by atoms with Crippen LogP contribution in [0.25, 0.3) is 10.2 Å². The van der Waals surface area contributed by atoms with Gasteiger partial charge in [0.25, 0.3) is 0 Å². The first-order valence-electron chi connectivity index (χ1n) is 7.42. The number of benzene rings is 1. The van der Waals surface area contributed by atoms with E-state index in [4.69, 9.17) is 5.11 Å². The summed E-state index contributed by atoms with van der Waals surface area (Å²) in [7, 11) is 0. The van der Waals surface area contributed by atoms with E-state index in [1.807, 2.05) is 6.07 Å². The normalized spacial score (nSPS) is 15.8. The first-order chi connectivity index (χ1) is 11.1. The predicted octanol–water partition coefficient (Wildman–Crippen LogP) is 2.63. The zero-order valence-corrected chi connectivity index (χ0v) is 13.4. The van der Waals surface area contributed by atoms with E-state index in [9.17, 15) is 4.79 Å². The van der Waals surface area contributed by atoms with Crippen molar-refractivity contribution in [2.75, 3.05) is 5.32 Å². The second-order valence-corrected chi connectivity index (χ2v) is 6.72. The number of thiophene rings is 1. The van der Waals surface area contributed by atoms with E-state index in [0.29, 0.717) is 5.56 Å². The van der Waals surface area contributed by atoms with Crippen LogP contribution in [0.1, 0.15) is 27.0 Å². The summed E-state index contributed by atoms with van der Waals surface area (Å²) in [6.07, 6.45) is 3.28. The number of anilines is 1. The van der Waals surface area contributed by atoms with Gasteiger partial charge < -0.3 is 10.4 Å². The van der Waals surface area contributed by atoms with Gasteiger partial charge in [-0.1, -0.05) is 6.07 Å². The van der Waals surface area contributed by atoms with Crippen molar-refractivity contribution in [3.8, 4) is 0 Å². The molecule has 0 radical (unpaired) electrons. The summed E-state index contributed by atoms with van der Waals surface area (Å²) in [5.74, 6) is -0.0133. The summed E-state index contributed by atoms with van der Waals surface area (Å²) < 4.78 is 0. The van der Waals surface area contributed by atoms with Crippen molar-refractivity contribution >= 4 is 62.9 Å². The van der Waals surface area contributed by atoms with Gasteiger partial charge in [-0.05, 0) is 54.0 Å². The maximum absolute atomic E-state index is 11.1. The minimum absolute atomic E-state index is 0. The summed E-state index contributed by atoms with van der Waals surface area (Å²) in [6.45, 7) is 2.07. The fourth-order valence-electron chi connectivity index (χ4n) is 3.17.